The Balaban J connectivity index is 1.59. The molecule has 1 amide bonds. The van der Waals surface area contributed by atoms with E-state index in [1.165, 1.54) is 6.42 Å². The van der Waals surface area contributed by atoms with E-state index in [2.05, 4.69) is 27.6 Å². The molecule has 2 heterocycles. The van der Waals surface area contributed by atoms with Gasteiger partial charge >= 0.3 is 0 Å². The minimum absolute atomic E-state index is 0.145. The van der Waals surface area contributed by atoms with E-state index in [0.717, 1.165) is 25.2 Å². The van der Waals surface area contributed by atoms with Gasteiger partial charge in [0, 0.05) is 37.9 Å². The smallest absolute Gasteiger partial charge is 0.221 e. The molecule has 1 saturated heterocycles. The molecule has 0 spiro atoms. The van der Waals surface area contributed by atoms with Crippen LogP contribution in [0.1, 0.15) is 19.3 Å². The standard InChI is InChI=1S/C14H22N4O/c1-18-9-3-5-13(18)10-14(19)17-8-7-16-12-4-2-6-15-11-12/h2,4,6,11,13,16H,3,5,7-10H2,1H3,(H,17,19)/t13-/m0/s1. The van der Waals surface area contributed by atoms with Crippen molar-refractivity contribution in [2.24, 2.45) is 0 Å². The molecule has 1 aromatic rings. The third kappa shape index (κ3) is 4.52. The highest BCUT2D eigenvalue weighted by Crippen LogP contribution is 2.17. The highest BCUT2D eigenvalue weighted by atomic mass is 16.1. The molecule has 2 N–H and O–H groups in total. The molecule has 0 aromatic carbocycles. The zero-order valence-electron chi connectivity index (χ0n) is 11.4. The fourth-order valence-electron chi connectivity index (χ4n) is 2.40. The Bertz CT molecular complexity index is 396. The topological polar surface area (TPSA) is 57.3 Å². The number of rotatable bonds is 6. The van der Waals surface area contributed by atoms with Crippen LogP contribution in [-0.2, 0) is 4.79 Å². The molecule has 19 heavy (non-hydrogen) atoms. The maximum Gasteiger partial charge on any atom is 0.221 e. The molecule has 5 heteroatoms. The Labute approximate surface area is 114 Å². The predicted molar refractivity (Wildman–Crippen MR) is 76.0 cm³/mol. The van der Waals surface area contributed by atoms with Crippen LogP contribution < -0.4 is 10.6 Å². The summed E-state index contributed by atoms with van der Waals surface area (Å²) < 4.78 is 0. The number of nitrogens with zero attached hydrogens (tertiary/aromatic N) is 2. The Kier molecular flexibility index (Phi) is 5.15. The summed E-state index contributed by atoms with van der Waals surface area (Å²) >= 11 is 0. The van der Waals surface area contributed by atoms with Crippen LogP contribution in [0, 0.1) is 0 Å². The molecule has 2 rings (SSSR count). The largest absolute Gasteiger partial charge is 0.382 e. The number of amides is 1. The van der Waals surface area contributed by atoms with Gasteiger partial charge in [0.2, 0.25) is 5.91 Å². The van der Waals surface area contributed by atoms with Crippen LogP contribution in [0.15, 0.2) is 24.5 Å². The van der Waals surface area contributed by atoms with E-state index in [-0.39, 0.29) is 5.91 Å². The summed E-state index contributed by atoms with van der Waals surface area (Å²) in [5.41, 5.74) is 0.979. The number of likely N-dealkylation sites (tertiary alicyclic amines) is 1. The van der Waals surface area contributed by atoms with E-state index in [4.69, 9.17) is 0 Å². The summed E-state index contributed by atoms with van der Waals surface area (Å²) in [6.45, 7) is 2.47. The van der Waals surface area contributed by atoms with Crippen molar-refractivity contribution in [3.8, 4) is 0 Å². The van der Waals surface area contributed by atoms with Gasteiger partial charge in [-0.05, 0) is 38.6 Å². The molecule has 0 radical (unpaired) electrons. The van der Waals surface area contributed by atoms with Crippen LogP contribution in [0.25, 0.3) is 0 Å². The van der Waals surface area contributed by atoms with Crippen molar-refractivity contribution >= 4 is 11.6 Å². The van der Waals surface area contributed by atoms with Crippen molar-refractivity contribution in [3.63, 3.8) is 0 Å². The van der Waals surface area contributed by atoms with Gasteiger partial charge in [0.1, 0.15) is 0 Å². The second-order valence-corrected chi connectivity index (χ2v) is 5.00. The minimum atomic E-state index is 0.145. The number of carbonyl (C=O) groups is 1. The van der Waals surface area contributed by atoms with Crippen LogP contribution in [0.5, 0.6) is 0 Å². The molecule has 0 unspecified atom stereocenters. The summed E-state index contributed by atoms with van der Waals surface area (Å²) in [6.07, 6.45) is 6.47. The van der Waals surface area contributed by atoms with Crippen LogP contribution in [0.4, 0.5) is 5.69 Å². The summed E-state index contributed by atoms with van der Waals surface area (Å²) in [6, 6.07) is 4.27. The number of aromatic nitrogens is 1. The van der Waals surface area contributed by atoms with Gasteiger partial charge in [0.15, 0.2) is 0 Å². The molecule has 5 nitrogen and oxygen atoms in total. The van der Waals surface area contributed by atoms with Crippen LogP contribution >= 0.6 is 0 Å². The molecule has 1 fully saturated rings. The highest BCUT2D eigenvalue weighted by Gasteiger charge is 2.22. The molecule has 104 valence electrons. The number of nitrogens with one attached hydrogen (secondary N) is 2. The quantitative estimate of drug-likeness (QED) is 0.754. The first-order chi connectivity index (χ1) is 9.25. The number of carbonyl (C=O) groups excluding carboxylic acids is 1. The summed E-state index contributed by atoms with van der Waals surface area (Å²) in [5.74, 6) is 0.145. The summed E-state index contributed by atoms with van der Waals surface area (Å²) in [4.78, 5) is 18.1. The second kappa shape index (κ2) is 7.09. The lowest BCUT2D eigenvalue weighted by atomic mass is 10.1. The zero-order valence-corrected chi connectivity index (χ0v) is 11.4. The van der Waals surface area contributed by atoms with E-state index in [1.807, 2.05) is 12.1 Å². The lowest BCUT2D eigenvalue weighted by molar-refractivity contribution is -0.121. The Morgan fingerprint density at radius 3 is 3.11 bits per heavy atom. The lowest BCUT2D eigenvalue weighted by Gasteiger charge is -2.18. The fraction of sp³-hybridized carbons (Fsp3) is 0.571. The van der Waals surface area contributed by atoms with Crippen molar-refractivity contribution < 1.29 is 4.79 Å². The number of hydrogen-bond donors (Lipinski definition) is 2. The number of hydrogen-bond acceptors (Lipinski definition) is 4. The summed E-state index contributed by atoms with van der Waals surface area (Å²) in [5, 5.41) is 6.17. The van der Waals surface area contributed by atoms with Crippen LogP contribution in [-0.4, -0.2) is 48.5 Å². The third-order valence-corrected chi connectivity index (χ3v) is 3.53. The molecular formula is C14H22N4O. The van der Waals surface area contributed by atoms with Crippen LogP contribution in [0.2, 0.25) is 0 Å². The average Bonchev–Trinajstić information content (AvgIpc) is 2.82. The Morgan fingerprint density at radius 2 is 2.42 bits per heavy atom. The summed E-state index contributed by atoms with van der Waals surface area (Å²) in [7, 11) is 2.09. The monoisotopic (exact) mass is 262 g/mol. The number of pyridine rings is 1. The molecule has 1 aliphatic heterocycles. The zero-order chi connectivity index (χ0) is 13.5. The van der Waals surface area contributed by atoms with E-state index in [0.29, 0.717) is 19.0 Å². The lowest BCUT2D eigenvalue weighted by Crippen LogP contribution is -2.35. The molecule has 1 aliphatic rings. The normalized spacial score (nSPS) is 19.3. The van der Waals surface area contributed by atoms with E-state index in [9.17, 15) is 4.79 Å². The van der Waals surface area contributed by atoms with Gasteiger partial charge in [-0.3, -0.25) is 9.78 Å². The van der Waals surface area contributed by atoms with E-state index in [1.54, 1.807) is 12.4 Å². The van der Waals surface area contributed by atoms with Gasteiger partial charge in [-0.25, -0.2) is 0 Å². The van der Waals surface area contributed by atoms with E-state index < -0.39 is 0 Å². The minimum Gasteiger partial charge on any atom is -0.382 e. The van der Waals surface area contributed by atoms with Crippen molar-refractivity contribution in [2.45, 2.75) is 25.3 Å². The Hall–Kier alpha value is -1.62. The molecule has 1 aromatic heterocycles. The molecule has 0 aliphatic carbocycles. The second-order valence-electron chi connectivity index (χ2n) is 5.00. The van der Waals surface area contributed by atoms with Gasteiger partial charge in [-0.2, -0.15) is 0 Å². The molecule has 0 saturated carbocycles. The van der Waals surface area contributed by atoms with E-state index >= 15 is 0 Å². The SMILES string of the molecule is CN1CCC[C@H]1CC(=O)NCCNc1cccnc1. The number of anilines is 1. The van der Waals surface area contributed by atoms with Gasteiger partial charge in [-0.15, -0.1) is 0 Å². The van der Waals surface area contributed by atoms with Crippen molar-refractivity contribution in [1.82, 2.24) is 15.2 Å². The van der Waals surface area contributed by atoms with Gasteiger partial charge in [-0.1, -0.05) is 0 Å². The third-order valence-electron chi connectivity index (χ3n) is 3.53. The first-order valence-electron chi connectivity index (χ1n) is 6.86. The predicted octanol–water partition coefficient (Wildman–Crippen LogP) is 1.09. The fourth-order valence-corrected chi connectivity index (χ4v) is 2.40. The van der Waals surface area contributed by atoms with Crippen molar-refractivity contribution in [2.75, 3.05) is 32.0 Å². The average molecular weight is 262 g/mol. The van der Waals surface area contributed by atoms with Crippen LogP contribution in [0.3, 0.4) is 0 Å². The van der Waals surface area contributed by atoms with Gasteiger partial charge < -0.3 is 15.5 Å². The molecule has 0 bridgehead atoms. The molecular weight excluding hydrogens is 240 g/mol. The first kappa shape index (κ1) is 13.8. The molecule has 1 atom stereocenters. The Morgan fingerprint density at radius 1 is 1.53 bits per heavy atom. The van der Waals surface area contributed by atoms with Gasteiger partial charge in [0.25, 0.3) is 0 Å². The van der Waals surface area contributed by atoms with Crippen molar-refractivity contribution in [1.29, 1.82) is 0 Å². The highest BCUT2D eigenvalue weighted by molar-refractivity contribution is 5.76. The first-order valence-corrected chi connectivity index (χ1v) is 6.86. The maximum absolute atomic E-state index is 11.8. The van der Waals surface area contributed by atoms with Gasteiger partial charge in [0.05, 0.1) is 5.69 Å². The maximum atomic E-state index is 11.8. The van der Waals surface area contributed by atoms with Crippen molar-refractivity contribution in [3.05, 3.63) is 24.5 Å².